The Labute approximate surface area is 172 Å². The molecule has 0 bridgehead atoms. The van der Waals surface area contributed by atoms with Gasteiger partial charge in [0, 0.05) is 25.5 Å². The first kappa shape index (κ1) is 22.0. The lowest BCUT2D eigenvalue weighted by molar-refractivity contribution is 0.187. The molecule has 0 amide bonds. The van der Waals surface area contributed by atoms with Crippen LogP contribution in [-0.4, -0.2) is 56.0 Å². The van der Waals surface area contributed by atoms with Gasteiger partial charge in [0.15, 0.2) is 5.96 Å². The third-order valence-corrected chi connectivity index (χ3v) is 5.80. The van der Waals surface area contributed by atoms with E-state index in [1.807, 2.05) is 13.1 Å². The van der Waals surface area contributed by atoms with Crippen LogP contribution in [-0.2, 0) is 6.54 Å². The number of hydrogen-bond acceptors (Lipinski definition) is 3. The minimum absolute atomic E-state index is 0. The van der Waals surface area contributed by atoms with Crippen molar-refractivity contribution in [3.05, 3.63) is 21.3 Å². The highest BCUT2D eigenvalue weighted by Gasteiger charge is 2.18. The van der Waals surface area contributed by atoms with Gasteiger partial charge in [-0.25, -0.2) is 0 Å². The first-order valence-electron chi connectivity index (χ1n) is 8.50. The molecule has 1 aromatic rings. The first-order chi connectivity index (χ1) is 11.1. The van der Waals surface area contributed by atoms with Gasteiger partial charge in [-0.2, -0.15) is 0 Å². The van der Waals surface area contributed by atoms with E-state index in [9.17, 15) is 0 Å². The summed E-state index contributed by atoms with van der Waals surface area (Å²) >= 11 is 7.63. The molecule has 1 saturated heterocycles. The van der Waals surface area contributed by atoms with E-state index in [4.69, 9.17) is 11.6 Å². The Morgan fingerprint density at radius 1 is 1.42 bits per heavy atom. The van der Waals surface area contributed by atoms with Gasteiger partial charge in [0.25, 0.3) is 0 Å². The molecular formula is C17H30ClIN4S. The van der Waals surface area contributed by atoms with Crippen LogP contribution in [0.5, 0.6) is 0 Å². The molecule has 4 nitrogen and oxygen atoms in total. The summed E-state index contributed by atoms with van der Waals surface area (Å²) in [6, 6.07) is 4.03. The molecular weight excluding hydrogens is 455 g/mol. The van der Waals surface area contributed by atoms with Gasteiger partial charge in [0.05, 0.1) is 10.9 Å². The van der Waals surface area contributed by atoms with Crippen molar-refractivity contribution in [1.82, 2.24) is 15.1 Å². The third-order valence-electron chi connectivity index (χ3n) is 4.59. The summed E-state index contributed by atoms with van der Waals surface area (Å²) in [4.78, 5) is 10.3. The van der Waals surface area contributed by atoms with Crippen LogP contribution in [0, 0.1) is 5.92 Å². The average molecular weight is 485 g/mol. The van der Waals surface area contributed by atoms with Crippen molar-refractivity contribution in [1.29, 1.82) is 0 Å². The van der Waals surface area contributed by atoms with E-state index in [1.165, 1.54) is 43.8 Å². The van der Waals surface area contributed by atoms with Crippen LogP contribution in [0.25, 0.3) is 0 Å². The van der Waals surface area contributed by atoms with Crippen LogP contribution in [0.15, 0.2) is 17.1 Å². The molecule has 7 heteroatoms. The molecule has 24 heavy (non-hydrogen) atoms. The number of guanidine groups is 1. The smallest absolute Gasteiger partial charge is 0.193 e. The van der Waals surface area contributed by atoms with Crippen molar-refractivity contribution in [2.24, 2.45) is 10.9 Å². The van der Waals surface area contributed by atoms with Gasteiger partial charge in [-0.15, -0.1) is 35.3 Å². The zero-order valence-corrected chi connectivity index (χ0v) is 18.8. The largest absolute Gasteiger partial charge is 0.356 e. The fourth-order valence-corrected chi connectivity index (χ4v) is 4.25. The van der Waals surface area contributed by atoms with Crippen molar-refractivity contribution in [2.75, 3.05) is 40.3 Å². The van der Waals surface area contributed by atoms with E-state index < -0.39 is 0 Å². The van der Waals surface area contributed by atoms with Crippen LogP contribution in [0.4, 0.5) is 0 Å². The Bertz CT molecular complexity index is 501. The Morgan fingerprint density at radius 3 is 2.67 bits per heavy atom. The lowest BCUT2D eigenvalue weighted by Crippen LogP contribution is -2.40. The molecule has 1 aliphatic heterocycles. The highest BCUT2D eigenvalue weighted by molar-refractivity contribution is 14.0. The van der Waals surface area contributed by atoms with Crippen LogP contribution >= 0.6 is 46.9 Å². The van der Waals surface area contributed by atoms with Crippen molar-refractivity contribution < 1.29 is 0 Å². The van der Waals surface area contributed by atoms with E-state index in [0.29, 0.717) is 0 Å². The quantitative estimate of drug-likeness (QED) is 0.374. The average Bonchev–Trinajstić information content (AvgIpc) is 2.97. The van der Waals surface area contributed by atoms with Crippen LogP contribution in [0.1, 0.15) is 31.1 Å². The molecule has 2 heterocycles. The lowest BCUT2D eigenvalue weighted by atomic mass is 9.93. The second kappa shape index (κ2) is 11.5. The van der Waals surface area contributed by atoms with Crippen molar-refractivity contribution >= 4 is 52.9 Å². The van der Waals surface area contributed by atoms with Gasteiger partial charge in [-0.3, -0.25) is 4.99 Å². The third kappa shape index (κ3) is 7.06. The van der Waals surface area contributed by atoms with E-state index in [1.54, 1.807) is 11.3 Å². The molecule has 1 N–H and O–H groups in total. The molecule has 0 saturated carbocycles. The molecule has 2 rings (SSSR count). The predicted molar refractivity (Wildman–Crippen MR) is 117 cm³/mol. The number of aliphatic imine (C=N–C) groups is 1. The normalized spacial score (nSPS) is 16.8. The second-order valence-electron chi connectivity index (χ2n) is 6.20. The van der Waals surface area contributed by atoms with E-state index in [-0.39, 0.29) is 24.0 Å². The number of nitrogens with zero attached hydrogens (tertiary/aromatic N) is 3. The van der Waals surface area contributed by atoms with E-state index in [0.717, 1.165) is 29.3 Å². The van der Waals surface area contributed by atoms with Crippen LogP contribution < -0.4 is 5.32 Å². The highest BCUT2D eigenvalue weighted by atomic mass is 127. The summed E-state index contributed by atoms with van der Waals surface area (Å²) in [7, 11) is 3.92. The summed E-state index contributed by atoms with van der Waals surface area (Å²) in [5.41, 5.74) is 0. The maximum atomic E-state index is 6.00. The van der Waals surface area contributed by atoms with Crippen molar-refractivity contribution in [2.45, 2.75) is 32.7 Å². The summed E-state index contributed by atoms with van der Waals surface area (Å²) in [6.07, 6.45) is 3.89. The molecule has 138 valence electrons. The molecule has 1 aliphatic rings. The van der Waals surface area contributed by atoms with Gasteiger partial charge < -0.3 is 15.1 Å². The maximum absolute atomic E-state index is 6.00. The highest BCUT2D eigenvalue weighted by Crippen LogP contribution is 2.22. The van der Waals surface area contributed by atoms with Gasteiger partial charge in [0.2, 0.25) is 0 Å². The number of hydrogen-bond donors (Lipinski definition) is 1. The minimum atomic E-state index is 0. The van der Waals surface area contributed by atoms with Crippen molar-refractivity contribution in [3.8, 4) is 0 Å². The maximum Gasteiger partial charge on any atom is 0.193 e. The number of piperidine rings is 1. The molecule has 0 unspecified atom stereocenters. The molecule has 0 radical (unpaired) electrons. The zero-order chi connectivity index (χ0) is 16.7. The summed E-state index contributed by atoms with van der Waals surface area (Å²) in [5.74, 6) is 1.81. The number of nitrogens with one attached hydrogen (secondary N) is 1. The first-order valence-corrected chi connectivity index (χ1v) is 9.70. The summed E-state index contributed by atoms with van der Waals surface area (Å²) in [5, 5.41) is 3.50. The predicted octanol–water partition coefficient (Wildman–Crippen LogP) is 4.15. The number of rotatable bonds is 6. The summed E-state index contributed by atoms with van der Waals surface area (Å²) in [6.45, 7) is 7.80. The lowest BCUT2D eigenvalue weighted by Gasteiger charge is -2.31. The van der Waals surface area contributed by atoms with Gasteiger partial charge in [-0.05, 0) is 56.9 Å². The second-order valence-corrected chi connectivity index (χ2v) is 8.00. The van der Waals surface area contributed by atoms with E-state index >= 15 is 0 Å². The van der Waals surface area contributed by atoms with Crippen LogP contribution in [0.3, 0.4) is 0 Å². The van der Waals surface area contributed by atoms with Crippen molar-refractivity contribution in [3.63, 3.8) is 0 Å². The molecule has 0 aromatic carbocycles. The fraction of sp³-hybridized carbons (Fsp3) is 0.706. The topological polar surface area (TPSA) is 30.9 Å². The Kier molecular flexibility index (Phi) is 10.6. The summed E-state index contributed by atoms with van der Waals surface area (Å²) < 4.78 is 0.842. The molecule has 1 aromatic heterocycles. The van der Waals surface area contributed by atoms with Gasteiger partial charge in [0.1, 0.15) is 0 Å². The molecule has 0 spiro atoms. The standard InChI is InChI=1S/C17H29ClN4S.HI/c1-4-22-11-8-14(9-12-22)7-10-20-17(19-2)21(3)13-15-5-6-16(18)23-15;/h5-6,14H,4,7-13H2,1-3H3,(H,19,20);1H. The number of thiophene rings is 1. The number of halogens is 2. The van der Waals surface area contributed by atoms with E-state index in [2.05, 4.69) is 40.1 Å². The molecule has 0 aliphatic carbocycles. The zero-order valence-electron chi connectivity index (χ0n) is 14.9. The minimum Gasteiger partial charge on any atom is -0.356 e. The Hall–Kier alpha value is -0.0500. The van der Waals surface area contributed by atoms with Crippen LogP contribution in [0.2, 0.25) is 4.34 Å². The Balaban J connectivity index is 0.00000288. The molecule has 0 atom stereocenters. The SMILES string of the molecule is CCN1CCC(CCNC(=NC)N(C)Cc2ccc(Cl)s2)CC1.I. The monoisotopic (exact) mass is 484 g/mol. The number of likely N-dealkylation sites (tertiary alicyclic amines) is 1. The fourth-order valence-electron chi connectivity index (χ4n) is 3.11. The van der Waals surface area contributed by atoms with Gasteiger partial charge >= 0.3 is 0 Å². The molecule has 1 fully saturated rings. The Morgan fingerprint density at radius 2 is 2.12 bits per heavy atom. The van der Waals surface area contributed by atoms with Gasteiger partial charge in [-0.1, -0.05) is 18.5 Å².